The first-order valence-corrected chi connectivity index (χ1v) is 28.2. The van der Waals surface area contributed by atoms with E-state index in [0.29, 0.717) is 17.5 Å². The quantitative estimate of drug-likeness (QED) is 0.0329. The van der Waals surface area contributed by atoms with Gasteiger partial charge in [-0.05, 0) is 97.0 Å². The molecule has 4 aromatic carbocycles. The van der Waals surface area contributed by atoms with Gasteiger partial charge in [-0.15, -0.1) is 0 Å². The molecular formula is C61H82N6O13. The number of aromatic hydroxyl groups is 1. The molecule has 0 spiro atoms. The van der Waals surface area contributed by atoms with Crippen molar-refractivity contribution in [1.29, 1.82) is 0 Å². The number of nitrogens with two attached hydrogens (primary N) is 1. The molecule has 80 heavy (non-hydrogen) atoms. The van der Waals surface area contributed by atoms with Crippen LogP contribution in [0.15, 0.2) is 97.1 Å². The van der Waals surface area contributed by atoms with Gasteiger partial charge in [-0.3, -0.25) is 24.0 Å². The number of hydrogen-bond donors (Lipinski definition) is 10. The number of unbranched alkanes of at least 4 members (excludes halogenated alkanes) is 8. The van der Waals surface area contributed by atoms with Crippen LogP contribution in [0.2, 0.25) is 0 Å². The molecule has 2 heterocycles. The topological polar surface area (TPSA) is 299 Å². The third-order valence-electron chi connectivity index (χ3n) is 15.0. The number of ether oxygens (including phenoxy) is 2. The van der Waals surface area contributed by atoms with Crippen LogP contribution in [0.4, 0.5) is 0 Å². The minimum atomic E-state index is -1.74. The van der Waals surface area contributed by atoms with Gasteiger partial charge in [0.05, 0.1) is 6.04 Å². The summed E-state index contributed by atoms with van der Waals surface area (Å²) in [4.78, 5) is 85.4. The number of rotatable bonds is 30. The van der Waals surface area contributed by atoms with Crippen LogP contribution >= 0.6 is 0 Å². The molecule has 2 aliphatic rings. The second-order valence-electron chi connectivity index (χ2n) is 21.3. The van der Waals surface area contributed by atoms with Gasteiger partial charge in [0.25, 0.3) is 5.91 Å². The largest absolute Gasteiger partial charge is 0.508 e. The standard InChI is InChI=1S/C61H82N6O13/c1-4-5-6-7-8-9-10-21-30-79-61-53(71)51(69)52(70)54(80-61)58(75)63-29-20-19-28-47(60(77)78)64-55(72)48(33-40-22-13-11-14-23-40)65-56(73)49(34-41-24-15-12-16-25-41)66-57(74)50-35-42-26-17-18-27-43(42)37-67(50)59(76)46(62)36-45-38(2)31-44(68)32-39(45)3/h11-18,22-27,31-32,46-54,61,68-71H,4-10,19-21,28-30,33-37,62H2,1-3H3,(H,63,75)(H,64,72)(H,65,73)(H,66,74)(H,77,78)/t46-,47-,48-,49-,50-,51-,52-,53+,54-,61+/m0/s1. The van der Waals surface area contributed by atoms with Gasteiger partial charge >= 0.3 is 5.97 Å². The summed E-state index contributed by atoms with van der Waals surface area (Å²) >= 11 is 0. The number of phenols is 1. The summed E-state index contributed by atoms with van der Waals surface area (Å²) in [6.45, 7) is 6.13. The summed E-state index contributed by atoms with van der Waals surface area (Å²) in [7, 11) is 0. The molecule has 11 N–H and O–H groups in total. The number of amides is 5. The second kappa shape index (κ2) is 31.3. The molecule has 10 atom stereocenters. The zero-order valence-electron chi connectivity index (χ0n) is 46.3. The van der Waals surface area contributed by atoms with E-state index in [1.807, 2.05) is 38.1 Å². The minimum absolute atomic E-state index is 0.00929. The Morgan fingerprint density at radius 1 is 0.662 bits per heavy atom. The molecule has 6 rings (SSSR count). The van der Waals surface area contributed by atoms with E-state index in [-0.39, 0.29) is 70.4 Å². The van der Waals surface area contributed by atoms with Crippen molar-refractivity contribution in [3.8, 4) is 5.75 Å². The Balaban J connectivity index is 1.09. The second-order valence-corrected chi connectivity index (χ2v) is 21.3. The van der Waals surface area contributed by atoms with Crippen LogP contribution in [-0.2, 0) is 70.5 Å². The number of nitrogens with one attached hydrogen (secondary N) is 4. The van der Waals surface area contributed by atoms with Crippen LogP contribution in [0.3, 0.4) is 0 Å². The van der Waals surface area contributed by atoms with Crippen molar-refractivity contribution < 1.29 is 63.8 Å². The van der Waals surface area contributed by atoms with Crippen LogP contribution in [0.5, 0.6) is 5.75 Å². The maximum atomic E-state index is 14.7. The molecule has 0 unspecified atom stereocenters. The lowest BCUT2D eigenvalue weighted by Crippen LogP contribution is -2.62. The Morgan fingerprint density at radius 2 is 1.21 bits per heavy atom. The normalized spacial score (nSPS) is 20.3. The monoisotopic (exact) mass is 1110 g/mol. The van der Waals surface area contributed by atoms with E-state index >= 15 is 0 Å². The maximum absolute atomic E-state index is 14.7. The molecule has 19 nitrogen and oxygen atoms in total. The van der Waals surface area contributed by atoms with E-state index in [0.717, 1.165) is 47.1 Å². The van der Waals surface area contributed by atoms with E-state index in [9.17, 15) is 54.3 Å². The lowest BCUT2D eigenvalue weighted by atomic mass is 9.91. The highest BCUT2D eigenvalue weighted by molar-refractivity contribution is 5.96. The number of aliphatic hydroxyl groups is 3. The molecule has 434 valence electrons. The third kappa shape index (κ3) is 18.1. The van der Waals surface area contributed by atoms with E-state index in [1.54, 1.807) is 72.8 Å². The van der Waals surface area contributed by atoms with Gasteiger partial charge < -0.3 is 66.9 Å². The Labute approximate surface area is 469 Å². The van der Waals surface area contributed by atoms with Crippen molar-refractivity contribution in [2.75, 3.05) is 13.2 Å². The highest BCUT2D eigenvalue weighted by Gasteiger charge is 2.47. The highest BCUT2D eigenvalue weighted by atomic mass is 16.7. The summed E-state index contributed by atoms with van der Waals surface area (Å²) < 4.78 is 11.3. The average molecular weight is 1110 g/mol. The third-order valence-corrected chi connectivity index (χ3v) is 15.0. The number of nitrogens with zero attached hydrogens (tertiary/aromatic N) is 1. The average Bonchev–Trinajstić information content (AvgIpc) is 3.45. The highest BCUT2D eigenvalue weighted by Crippen LogP contribution is 2.28. The van der Waals surface area contributed by atoms with Gasteiger partial charge in [0.1, 0.15) is 48.2 Å². The number of aliphatic carboxylic acids is 1. The number of aryl methyl sites for hydroxylation is 2. The van der Waals surface area contributed by atoms with E-state index in [1.165, 1.54) is 30.6 Å². The SMILES string of the molecule is CCCCCCCCCCO[C@@H]1O[C@H](C(=O)NCCCC[C@H](NC(=O)[C@H](Cc2ccccc2)NC(=O)[C@H](Cc2ccccc2)NC(=O)[C@@H]2Cc3ccccc3CN2C(=O)[C@@H](N)Cc2c(C)cc(O)cc2C)C(=O)O)[C@@H](O)[C@H](O)[C@H]1O. The van der Waals surface area contributed by atoms with Crippen molar-refractivity contribution in [3.05, 3.63) is 136 Å². The number of carbonyl (C=O) groups is 6. The minimum Gasteiger partial charge on any atom is -0.508 e. The van der Waals surface area contributed by atoms with E-state index in [2.05, 4.69) is 28.2 Å². The van der Waals surface area contributed by atoms with Crippen molar-refractivity contribution in [2.24, 2.45) is 5.73 Å². The molecule has 0 bridgehead atoms. The molecular weight excluding hydrogens is 1020 g/mol. The fourth-order valence-electron chi connectivity index (χ4n) is 10.4. The Bertz CT molecular complexity index is 2640. The first kappa shape index (κ1) is 62.5. The number of benzene rings is 4. The number of phenolic OH excluding ortho intramolecular Hbond substituents is 1. The van der Waals surface area contributed by atoms with Gasteiger partial charge in [0.2, 0.25) is 23.6 Å². The molecule has 0 aromatic heterocycles. The lowest BCUT2D eigenvalue weighted by molar-refractivity contribution is -0.290. The molecule has 2 aliphatic heterocycles. The van der Waals surface area contributed by atoms with Crippen molar-refractivity contribution in [2.45, 2.75) is 185 Å². The summed E-state index contributed by atoms with van der Waals surface area (Å²) in [6, 6.07) is 22.3. The van der Waals surface area contributed by atoms with Gasteiger partial charge in [0, 0.05) is 39.0 Å². The number of carboxylic acids is 1. The fourth-order valence-corrected chi connectivity index (χ4v) is 10.4. The fraction of sp³-hybridized carbons (Fsp3) is 0.508. The molecule has 1 saturated heterocycles. The summed E-state index contributed by atoms with van der Waals surface area (Å²) in [6.07, 6.45) is 1.15. The summed E-state index contributed by atoms with van der Waals surface area (Å²) in [5, 5.41) is 63.1. The predicted molar refractivity (Wildman–Crippen MR) is 300 cm³/mol. The van der Waals surface area contributed by atoms with Crippen molar-refractivity contribution in [3.63, 3.8) is 0 Å². The lowest BCUT2D eigenvalue weighted by Gasteiger charge is -2.39. The van der Waals surface area contributed by atoms with Gasteiger partial charge in [-0.2, -0.15) is 0 Å². The first-order valence-electron chi connectivity index (χ1n) is 28.2. The van der Waals surface area contributed by atoms with E-state index < -0.39 is 96.4 Å². The van der Waals surface area contributed by atoms with Gasteiger partial charge in [-0.25, -0.2) is 4.79 Å². The van der Waals surface area contributed by atoms with Crippen LogP contribution in [0.25, 0.3) is 0 Å². The number of hydrogen-bond acceptors (Lipinski definition) is 13. The predicted octanol–water partition coefficient (Wildman–Crippen LogP) is 4.11. The van der Waals surface area contributed by atoms with Gasteiger partial charge in [-0.1, -0.05) is 137 Å². The van der Waals surface area contributed by atoms with Crippen LogP contribution in [0.1, 0.15) is 116 Å². The molecule has 0 saturated carbocycles. The molecule has 0 aliphatic carbocycles. The molecule has 0 radical (unpaired) electrons. The smallest absolute Gasteiger partial charge is 0.326 e. The number of carbonyl (C=O) groups excluding carboxylic acids is 5. The van der Waals surface area contributed by atoms with E-state index in [4.69, 9.17) is 15.2 Å². The van der Waals surface area contributed by atoms with Crippen LogP contribution in [-0.4, -0.2) is 140 Å². The molecule has 5 amide bonds. The summed E-state index contributed by atoms with van der Waals surface area (Å²) in [5.41, 5.74) is 12.0. The van der Waals surface area contributed by atoms with Gasteiger partial charge in [0.15, 0.2) is 12.4 Å². The van der Waals surface area contributed by atoms with Crippen LogP contribution < -0.4 is 27.0 Å². The molecule has 19 heteroatoms. The summed E-state index contributed by atoms with van der Waals surface area (Å²) in [5.74, 6) is -4.65. The first-order chi connectivity index (χ1) is 38.4. The number of aliphatic hydroxyl groups excluding tert-OH is 3. The Morgan fingerprint density at radius 3 is 1.81 bits per heavy atom. The molecule has 1 fully saturated rings. The Hall–Kier alpha value is -6.74. The maximum Gasteiger partial charge on any atom is 0.326 e. The number of fused-ring (bicyclic) bond motifs is 1. The van der Waals surface area contributed by atoms with Crippen molar-refractivity contribution >= 4 is 35.5 Å². The van der Waals surface area contributed by atoms with Crippen LogP contribution in [0, 0.1) is 13.8 Å². The zero-order chi connectivity index (χ0) is 57.7. The zero-order valence-corrected chi connectivity index (χ0v) is 46.3. The Kier molecular flexibility index (Phi) is 24.4. The number of carboxylic acid groups (broad SMARTS) is 1. The molecule has 4 aromatic rings. The van der Waals surface area contributed by atoms with Crippen molar-refractivity contribution in [1.82, 2.24) is 26.2 Å².